The Morgan fingerprint density at radius 3 is 2.67 bits per heavy atom. The number of morpholine rings is 1. The largest absolute Gasteiger partial charge is 0.408 e. The third-order valence-corrected chi connectivity index (χ3v) is 12.3. The fourth-order valence-corrected chi connectivity index (χ4v) is 6.17. The third-order valence-electron chi connectivity index (χ3n) is 7.82. The highest BCUT2D eigenvalue weighted by Crippen LogP contribution is 2.50. The van der Waals surface area contributed by atoms with Crippen molar-refractivity contribution in [3.63, 3.8) is 0 Å². The second kappa shape index (κ2) is 9.41. The zero-order valence-electron chi connectivity index (χ0n) is 22.5. The topological polar surface area (TPSA) is 99.4 Å². The molecule has 3 fully saturated rings. The molecule has 0 aliphatic carbocycles. The van der Waals surface area contributed by atoms with Crippen LogP contribution in [0.15, 0.2) is 17.6 Å². The summed E-state index contributed by atoms with van der Waals surface area (Å²) in [6.45, 7) is 15.8. The summed E-state index contributed by atoms with van der Waals surface area (Å²) in [6.07, 6.45) is 4.13. The standard InChI is InChI=1S/C24H39N7O4Si/c1-23(2,3)36(6,7)35-19-18-22(34-24(19,13-33-18)12-30-8-10-32-11-9-30)31-16-27-17-20(28-15-29(4)5)25-14-26-21(17)31/h14-16,18-19,22H,8-13H2,1-7H3/b28-15+/t18?,19?,22-,24+/m1/s1. The maximum atomic E-state index is 7.06. The highest BCUT2D eigenvalue weighted by molar-refractivity contribution is 6.74. The van der Waals surface area contributed by atoms with Crippen LogP contribution in [-0.2, 0) is 18.6 Å². The minimum absolute atomic E-state index is 0.0684. The Labute approximate surface area is 213 Å². The van der Waals surface area contributed by atoms with E-state index in [0.717, 1.165) is 32.8 Å². The van der Waals surface area contributed by atoms with Crippen molar-refractivity contribution in [3.05, 3.63) is 12.7 Å². The molecule has 2 unspecified atom stereocenters. The average molecular weight is 518 g/mol. The van der Waals surface area contributed by atoms with Crippen LogP contribution in [0, 0.1) is 0 Å². The van der Waals surface area contributed by atoms with E-state index in [1.807, 2.05) is 23.6 Å². The molecule has 5 heterocycles. The Kier molecular flexibility index (Phi) is 6.71. The van der Waals surface area contributed by atoms with Crippen LogP contribution in [0.2, 0.25) is 18.1 Å². The van der Waals surface area contributed by atoms with Gasteiger partial charge in [0.05, 0.1) is 32.5 Å². The van der Waals surface area contributed by atoms with E-state index in [-0.39, 0.29) is 17.2 Å². The quantitative estimate of drug-likeness (QED) is 0.311. The summed E-state index contributed by atoms with van der Waals surface area (Å²) < 4.78 is 28.0. The summed E-state index contributed by atoms with van der Waals surface area (Å²) in [4.78, 5) is 22.2. The lowest BCUT2D eigenvalue weighted by molar-refractivity contribution is -0.181. The van der Waals surface area contributed by atoms with Gasteiger partial charge in [0.2, 0.25) is 0 Å². The molecule has 0 saturated carbocycles. The number of nitrogens with zero attached hydrogens (tertiary/aromatic N) is 7. The molecule has 2 aromatic heterocycles. The van der Waals surface area contributed by atoms with Crippen LogP contribution < -0.4 is 0 Å². The van der Waals surface area contributed by atoms with Crippen molar-refractivity contribution in [1.82, 2.24) is 29.3 Å². The van der Waals surface area contributed by atoms with Crippen LogP contribution in [0.3, 0.4) is 0 Å². The monoisotopic (exact) mass is 517 g/mol. The lowest BCUT2D eigenvalue weighted by Gasteiger charge is -2.42. The molecule has 2 bridgehead atoms. The lowest BCUT2D eigenvalue weighted by atomic mass is 9.98. The van der Waals surface area contributed by atoms with Gasteiger partial charge in [0, 0.05) is 33.7 Å². The normalized spacial score (nSPS) is 29.6. The van der Waals surface area contributed by atoms with E-state index in [1.54, 1.807) is 12.7 Å². The Balaban J connectivity index is 1.50. The van der Waals surface area contributed by atoms with Crippen LogP contribution in [0.5, 0.6) is 0 Å². The highest BCUT2D eigenvalue weighted by atomic mass is 28.4. The smallest absolute Gasteiger partial charge is 0.192 e. The van der Waals surface area contributed by atoms with Crippen LogP contribution >= 0.6 is 0 Å². The van der Waals surface area contributed by atoms with Gasteiger partial charge in [0.1, 0.15) is 24.1 Å². The van der Waals surface area contributed by atoms with Crippen molar-refractivity contribution in [2.24, 2.45) is 4.99 Å². The third kappa shape index (κ3) is 4.59. The molecule has 2 aromatic rings. The second-order valence-corrected chi connectivity index (χ2v) is 16.5. The fourth-order valence-electron chi connectivity index (χ4n) is 4.83. The van der Waals surface area contributed by atoms with Crippen LogP contribution in [0.4, 0.5) is 5.82 Å². The van der Waals surface area contributed by atoms with E-state index in [1.165, 1.54) is 6.33 Å². The molecule has 12 heteroatoms. The van der Waals surface area contributed by atoms with Crippen molar-refractivity contribution in [2.45, 2.75) is 62.9 Å². The Morgan fingerprint density at radius 1 is 1.22 bits per heavy atom. The highest BCUT2D eigenvalue weighted by Gasteiger charge is 2.65. The number of ether oxygens (including phenoxy) is 3. The van der Waals surface area contributed by atoms with E-state index < -0.39 is 20.1 Å². The van der Waals surface area contributed by atoms with Gasteiger partial charge in [-0.2, -0.15) is 0 Å². The molecular weight excluding hydrogens is 478 g/mol. The molecule has 11 nitrogen and oxygen atoms in total. The molecule has 0 radical (unpaired) electrons. The summed E-state index contributed by atoms with van der Waals surface area (Å²) >= 11 is 0. The first kappa shape index (κ1) is 25.7. The molecule has 0 amide bonds. The molecule has 3 aliphatic rings. The number of imidazole rings is 1. The van der Waals surface area contributed by atoms with E-state index in [0.29, 0.717) is 23.6 Å². The predicted octanol–water partition coefficient (Wildman–Crippen LogP) is 2.44. The van der Waals surface area contributed by atoms with Gasteiger partial charge < -0.3 is 23.5 Å². The van der Waals surface area contributed by atoms with Gasteiger partial charge in [-0.05, 0) is 18.1 Å². The molecule has 0 aromatic carbocycles. The molecule has 0 spiro atoms. The minimum atomic E-state index is -2.10. The van der Waals surface area contributed by atoms with E-state index in [4.69, 9.17) is 18.6 Å². The van der Waals surface area contributed by atoms with Crippen LogP contribution in [-0.4, -0.2) is 115 Å². The maximum Gasteiger partial charge on any atom is 0.192 e. The summed E-state index contributed by atoms with van der Waals surface area (Å²) in [5.41, 5.74) is 0.730. The number of hydrogen-bond donors (Lipinski definition) is 0. The molecule has 198 valence electrons. The molecule has 3 saturated heterocycles. The first-order valence-electron chi connectivity index (χ1n) is 12.7. The maximum absolute atomic E-state index is 7.06. The van der Waals surface area contributed by atoms with Crippen LogP contribution in [0.25, 0.3) is 11.2 Å². The van der Waals surface area contributed by atoms with Crippen molar-refractivity contribution in [2.75, 3.05) is 53.6 Å². The molecule has 3 aliphatic heterocycles. The van der Waals surface area contributed by atoms with Crippen molar-refractivity contribution in [3.8, 4) is 0 Å². The molecule has 36 heavy (non-hydrogen) atoms. The summed E-state index contributed by atoms with van der Waals surface area (Å²) in [5, 5.41) is 0.0684. The van der Waals surface area contributed by atoms with E-state index in [9.17, 15) is 0 Å². The number of rotatable bonds is 7. The van der Waals surface area contributed by atoms with Crippen molar-refractivity contribution < 1.29 is 18.6 Å². The van der Waals surface area contributed by atoms with Crippen molar-refractivity contribution in [1.29, 1.82) is 0 Å². The number of aromatic nitrogens is 4. The number of fused-ring (bicyclic) bond motifs is 3. The van der Waals surface area contributed by atoms with Gasteiger partial charge >= 0.3 is 0 Å². The second-order valence-electron chi connectivity index (χ2n) is 11.8. The zero-order valence-corrected chi connectivity index (χ0v) is 23.5. The average Bonchev–Trinajstić information content (AvgIpc) is 3.47. The van der Waals surface area contributed by atoms with E-state index >= 15 is 0 Å². The Bertz CT molecular complexity index is 1110. The molecule has 4 atom stereocenters. The van der Waals surface area contributed by atoms with Gasteiger partial charge in [-0.1, -0.05) is 20.8 Å². The van der Waals surface area contributed by atoms with E-state index in [2.05, 4.69) is 58.7 Å². The molecule has 0 N–H and O–H groups in total. The molecular formula is C24H39N7O4Si. The van der Waals surface area contributed by atoms with Gasteiger partial charge in [0.25, 0.3) is 0 Å². The molecule has 5 rings (SSSR count). The first-order chi connectivity index (χ1) is 17.0. The number of hydrogen-bond acceptors (Lipinski definition) is 9. The van der Waals surface area contributed by atoms with Crippen LogP contribution in [0.1, 0.15) is 27.0 Å². The lowest BCUT2D eigenvalue weighted by Crippen LogP contribution is -2.57. The van der Waals surface area contributed by atoms with Gasteiger partial charge in [-0.3, -0.25) is 9.47 Å². The predicted molar refractivity (Wildman–Crippen MR) is 139 cm³/mol. The Morgan fingerprint density at radius 2 is 1.97 bits per heavy atom. The van der Waals surface area contributed by atoms with Gasteiger partial charge in [-0.25, -0.2) is 19.9 Å². The van der Waals surface area contributed by atoms with Gasteiger partial charge in [-0.15, -0.1) is 0 Å². The van der Waals surface area contributed by atoms with Crippen molar-refractivity contribution >= 4 is 31.6 Å². The number of aliphatic imine (C=N–C) groups is 1. The fraction of sp³-hybridized carbons (Fsp3) is 0.750. The summed E-state index contributed by atoms with van der Waals surface area (Å²) in [5.74, 6) is 0.522. The zero-order chi connectivity index (χ0) is 25.7. The summed E-state index contributed by atoms with van der Waals surface area (Å²) in [6, 6.07) is 0. The SMILES string of the molecule is CN(C)/C=N/c1ncnc2c1ncn2[C@@H]1O[C@@]2(CN3CCOCC3)COC1C2O[Si](C)(C)C(C)(C)C. The first-order valence-corrected chi connectivity index (χ1v) is 15.6. The summed E-state index contributed by atoms with van der Waals surface area (Å²) in [7, 11) is 1.73. The minimum Gasteiger partial charge on any atom is -0.408 e. The van der Waals surface area contributed by atoms with Gasteiger partial charge in [0.15, 0.2) is 31.5 Å². The Hall–Kier alpha value is -1.96.